The summed E-state index contributed by atoms with van der Waals surface area (Å²) in [5.74, 6) is 0. The molecule has 0 radical (unpaired) electrons. The van der Waals surface area contributed by atoms with Crippen molar-refractivity contribution in [3.63, 3.8) is 0 Å². The van der Waals surface area contributed by atoms with Crippen LogP contribution in [0, 0.1) is 6.92 Å². The highest BCUT2D eigenvalue weighted by atomic mass is 79.9. The Morgan fingerprint density at radius 2 is 2.11 bits per heavy atom. The van der Waals surface area contributed by atoms with Gasteiger partial charge in [0.25, 0.3) is 0 Å². The van der Waals surface area contributed by atoms with Gasteiger partial charge in [0.1, 0.15) is 0 Å². The van der Waals surface area contributed by atoms with Gasteiger partial charge in [0.05, 0.1) is 5.69 Å². The second-order valence-electron chi connectivity index (χ2n) is 5.56. The number of hydrogen-bond acceptors (Lipinski definition) is 3. The summed E-state index contributed by atoms with van der Waals surface area (Å²) in [4.78, 5) is 4.81. The number of rotatable bonds is 3. The first kappa shape index (κ1) is 14.8. The minimum absolute atomic E-state index is 0.243. The molecule has 19 heavy (non-hydrogen) atoms. The number of nitrogens with zero attached hydrogens (tertiary/aromatic N) is 2. The number of anilines is 1. The first-order valence-corrected chi connectivity index (χ1v) is 7.66. The fourth-order valence-electron chi connectivity index (χ4n) is 2.72. The van der Waals surface area contributed by atoms with E-state index in [9.17, 15) is 5.11 Å². The van der Waals surface area contributed by atoms with E-state index in [2.05, 4.69) is 64.8 Å². The molecule has 1 fully saturated rings. The third-order valence-corrected chi connectivity index (χ3v) is 4.66. The van der Waals surface area contributed by atoms with E-state index in [4.69, 9.17) is 0 Å². The summed E-state index contributed by atoms with van der Waals surface area (Å²) < 4.78 is 1.15. The quantitative estimate of drug-likeness (QED) is 0.925. The molecule has 1 aromatic carbocycles. The summed E-state index contributed by atoms with van der Waals surface area (Å²) in [6.45, 7) is 6.61. The number of piperazine rings is 1. The summed E-state index contributed by atoms with van der Waals surface area (Å²) in [5.41, 5.74) is 2.50. The van der Waals surface area contributed by atoms with Gasteiger partial charge in [0.2, 0.25) is 0 Å². The van der Waals surface area contributed by atoms with Gasteiger partial charge in [0, 0.05) is 36.3 Å². The second-order valence-corrected chi connectivity index (χ2v) is 6.42. The van der Waals surface area contributed by atoms with E-state index in [0.717, 1.165) is 24.0 Å². The molecule has 1 N–H and O–H groups in total. The number of hydrogen-bond donors (Lipinski definition) is 1. The second kappa shape index (κ2) is 6.25. The molecule has 1 heterocycles. The highest BCUT2D eigenvalue weighted by Crippen LogP contribution is 2.31. The van der Waals surface area contributed by atoms with Crippen molar-refractivity contribution in [1.29, 1.82) is 0 Å². The fraction of sp³-hybridized carbons (Fsp3) is 0.600. The number of halogens is 1. The summed E-state index contributed by atoms with van der Waals surface area (Å²) >= 11 is 3.68. The Morgan fingerprint density at radius 3 is 2.74 bits per heavy atom. The molecule has 0 aliphatic carbocycles. The lowest BCUT2D eigenvalue weighted by atomic mass is 10.0. The Morgan fingerprint density at radius 1 is 1.37 bits per heavy atom. The van der Waals surface area contributed by atoms with Gasteiger partial charge in [-0.25, -0.2) is 0 Å². The molecule has 1 aromatic rings. The van der Waals surface area contributed by atoms with Crippen LogP contribution in [0.25, 0.3) is 0 Å². The maximum absolute atomic E-state index is 9.29. The summed E-state index contributed by atoms with van der Waals surface area (Å²) in [7, 11) is 2.16. The average molecular weight is 327 g/mol. The average Bonchev–Trinajstić information content (AvgIpc) is 2.34. The van der Waals surface area contributed by atoms with Crippen LogP contribution >= 0.6 is 15.9 Å². The molecule has 106 valence electrons. The Hall–Kier alpha value is -0.580. The van der Waals surface area contributed by atoms with Crippen LogP contribution in [0.15, 0.2) is 22.7 Å². The molecule has 4 heteroatoms. The van der Waals surface area contributed by atoms with Gasteiger partial charge in [-0.05, 0) is 60.9 Å². The molecule has 1 aliphatic rings. The van der Waals surface area contributed by atoms with E-state index in [1.54, 1.807) is 0 Å². The van der Waals surface area contributed by atoms with E-state index < -0.39 is 0 Å². The van der Waals surface area contributed by atoms with Gasteiger partial charge in [0.15, 0.2) is 0 Å². The van der Waals surface area contributed by atoms with Gasteiger partial charge in [-0.2, -0.15) is 0 Å². The molecule has 0 spiro atoms. The van der Waals surface area contributed by atoms with E-state index in [0.29, 0.717) is 12.1 Å². The third kappa shape index (κ3) is 3.30. The molecule has 0 aromatic heterocycles. The first-order valence-electron chi connectivity index (χ1n) is 6.87. The van der Waals surface area contributed by atoms with Crippen molar-refractivity contribution in [2.75, 3.05) is 31.6 Å². The summed E-state index contributed by atoms with van der Waals surface area (Å²) in [5, 5.41) is 9.29. The van der Waals surface area contributed by atoms with Gasteiger partial charge in [-0.3, -0.25) is 4.90 Å². The fourth-order valence-corrected chi connectivity index (χ4v) is 3.44. The minimum Gasteiger partial charge on any atom is -0.396 e. The third-order valence-electron chi connectivity index (χ3n) is 4.03. The molecule has 3 nitrogen and oxygen atoms in total. The number of benzene rings is 1. The van der Waals surface area contributed by atoms with Gasteiger partial charge < -0.3 is 10.0 Å². The zero-order chi connectivity index (χ0) is 14.0. The molecular weight excluding hydrogens is 304 g/mol. The van der Waals surface area contributed by atoms with Crippen molar-refractivity contribution < 1.29 is 5.11 Å². The van der Waals surface area contributed by atoms with Crippen LogP contribution in [0.1, 0.15) is 18.9 Å². The van der Waals surface area contributed by atoms with Crippen molar-refractivity contribution in [2.24, 2.45) is 0 Å². The van der Waals surface area contributed by atoms with Crippen molar-refractivity contribution in [1.82, 2.24) is 4.90 Å². The number of aliphatic hydroxyl groups is 1. The Balaban J connectivity index is 2.28. The Labute approximate surface area is 124 Å². The molecule has 0 amide bonds. The molecule has 2 rings (SSSR count). The maximum atomic E-state index is 9.29. The first-order chi connectivity index (χ1) is 9.02. The zero-order valence-electron chi connectivity index (χ0n) is 11.9. The monoisotopic (exact) mass is 326 g/mol. The van der Waals surface area contributed by atoms with Crippen LogP contribution in [0.5, 0.6) is 0 Å². The topological polar surface area (TPSA) is 26.7 Å². The molecule has 2 atom stereocenters. The molecular formula is C15H23BrN2O. The van der Waals surface area contributed by atoms with Crippen LogP contribution in [0.2, 0.25) is 0 Å². The van der Waals surface area contributed by atoms with Crippen molar-refractivity contribution >= 4 is 21.6 Å². The molecule has 1 saturated heterocycles. The van der Waals surface area contributed by atoms with Crippen LogP contribution in [0.4, 0.5) is 5.69 Å². The van der Waals surface area contributed by atoms with Crippen LogP contribution in [-0.2, 0) is 0 Å². The van der Waals surface area contributed by atoms with Crippen molar-refractivity contribution in [3.05, 3.63) is 28.2 Å². The summed E-state index contributed by atoms with van der Waals surface area (Å²) in [6.07, 6.45) is 0.817. The smallest absolute Gasteiger partial charge is 0.0514 e. The van der Waals surface area contributed by atoms with Crippen LogP contribution in [0.3, 0.4) is 0 Å². The van der Waals surface area contributed by atoms with E-state index in [-0.39, 0.29) is 6.61 Å². The normalized spacial score (nSPS) is 24.8. The Bertz CT molecular complexity index is 438. The van der Waals surface area contributed by atoms with E-state index in [1.165, 1.54) is 11.3 Å². The summed E-state index contributed by atoms with van der Waals surface area (Å²) in [6, 6.07) is 7.41. The van der Waals surface area contributed by atoms with Gasteiger partial charge in [-0.1, -0.05) is 6.07 Å². The van der Waals surface area contributed by atoms with E-state index in [1.807, 2.05) is 0 Å². The minimum atomic E-state index is 0.243. The van der Waals surface area contributed by atoms with E-state index >= 15 is 0 Å². The SMILES string of the molecule is Cc1ccc(N2CC(C)N(C)CC2CCO)c(Br)c1. The van der Waals surface area contributed by atoms with Gasteiger partial charge >= 0.3 is 0 Å². The molecule has 0 bridgehead atoms. The van der Waals surface area contributed by atoms with Crippen LogP contribution < -0.4 is 4.90 Å². The van der Waals surface area contributed by atoms with Gasteiger partial charge in [-0.15, -0.1) is 0 Å². The highest BCUT2D eigenvalue weighted by molar-refractivity contribution is 9.10. The van der Waals surface area contributed by atoms with Crippen molar-refractivity contribution in [2.45, 2.75) is 32.4 Å². The largest absolute Gasteiger partial charge is 0.396 e. The lowest BCUT2D eigenvalue weighted by Gasteiger charge is -2.45. The lowest BCUT2D eigenvalue weighted by Crippen LogP contribution is -2.56. The van der Waals surface area contributed by atoms with Crippen LogP contribution in [-0.4, -0.2) is 48.8 Å². The number of aryl methyl sites for hydroxylation is 1. The molecule has 1 aliphatic heterocycles. The zero-order valence-corrected chi connectivity index (χ0v) is 13.5. The molecule has 2 unspecified atom stereocenters. The predicted molar refractivity (Wildman–Crippen MR) is 83.8 cm³/mol. The highest BCUT2D eigenvalue weighted by Gasteiger charge is 2.30. The lowest BCUT2D eigenvalue weighted by molar-refractivity contribution is 0.177. The predicted octanol–water partition coefficient (Wildman–Crippen LogP) is 2.65. The molecule has 0 saturated carbocycles. The standard InChI is InChI=1S/C15H23BrN2O/c1-11-4-5-15(14(16)8-11)18-9-12(2)17(3)10-13(18)6-7-19/h4-5,8,12-13,19H,6-7,9-10H2,1-3H3. The number of aliphatic hydroxyl groups excluding tert-OH is 1. The van der Waals surface area contributed by atoms with Crippen molar-refractivity contribution in [3.8, 4) is 0 Å². The number of likely N-dealkylation sites (N-methyl/N-ethyl adjacent to an activating group) is 1. The Kier molecular flexibility index (Phi) is 4.87. The maximum Gasteiger partial charge on any atom is 0.0514 e.